The normalized spacial score (nSPS) is 34.0. The third kappa shape index (κ3) is 2.99. The highest BCUT2D eigenvalue weighted by Crippen LogP contribution is 2.23. The summed E-state index contributed by atoms with van der Waals surface area (Å²) in [7, 11) is 0. The number of piperidine rings is 1. The summed E-state index contributed by atoms with van der Waals surface area (Å²) >= 11 is 0. The van der Waals surface area contributed by atoms with E-state index >= 15 is 0 Å². The van der Waals surface area contributed by atoms with Gasteiger partial charge in [0, 0.05) is 25.6 Å². The van der Waals surface area contributed by atoms with E-state index in [-0.39, 0.29) is 17.9 Å². The first-order valence-corrected chi connectivity index (χ1v) is 6.90. The Kier molecular flexibility index (Phi) is 4.40. The van der Waals surface area contributed by atoms with Gasteiger partial charge in [-0.1, -0.05) is 13.3 Å². The summed E-state index contributed by atoms with van der Waals surface area (Å²) in [5.41, 5.74) is 0. The molecule has 2 aliphatic rings. The topological polar surface area (TPSA) is 52.6 Å². The molecule has 2 N–H and O–H groups in total. The first kappa shape index (κ1) is 12.8. The van der Waals surface area contributed by atoms with Gasteiger partial charge in [-0.3, -0.25) is 4.79 Å². The molecular weight excluding hydrogens is 216 g/mol. The van der Waals surface area contributed by atoms with Gasteiger partial charge in [-0.05, 0) is 25.8 Å². The van der Waals surface area contributed by atoms with Crippen LogP contribution in [0.2, 0.25) is 0 Å². The molecule has 0 bridgehead atoms. The number of aliphatic hydroxyl groups is 1. The molecule has 98 valence electrons. The van der Waals surface area contributed by atoms with E-state index in [1.165, 1.54) is 0 Å². The lowest BCUT2D eigenvalue weighted by molar-refractivity contribution is -0.138. The number of likely N-dealkylation sites (tertiary alicyclic amines) is 1. The minimum atomic E-state index is -0.208. The lowest BCUT2D eigenvalue weighted by Crippen LogP contribution is -2.48. The zero-order valence-electron chi connectivity index (χ0n) is 10.7. The Morgan fingerprint density at radius 3 is 2.94 bits per heavy atom. The number of nitrogens with one attached hydrogen (secondary N) is 1. The molecule has 2 saturated heterocycles. The van der Waals surface area contributed by atoms with Crippen molar-refractivity contribution in [1.29, 1.82) is 0 Å². The highest BCUT2D eigenvalue weighted by atomic mass is 16.3. The predicted octanol–water partition coefficient (Wildman–Crippen LogP) is 0.605. The summed E-state index contributed by atoms with van der Waals surface area (Å²) in [4.78, 5) is 14.2. The fourth-order valence-electron chi connectivity index (χ4n) is 3.00. The van der Waals surface area contributed by atoms with Gasteiger partial charge in [-0.15, -0.1) is 0 Å². The van der Waals surface area contributed by atoms with Gasteiger partial charge >= 0.3 is 0 Å². The van der Waals surface area contributed by atoms with Crippen LogP contribution in [-0.2, 0) is 4.79 Å². The molecule has 0 aromatic rings. The van der Waals surface area contributed by atoms with Gasteiger partial charge < -0.3 is 15.3 Å². The number of amides is 1. The fraction of sp³-hybridized carbons (Fsp3) is 0.923. The quantitative estimate of drug-likeness (QED) is 0.760. The Labute approximate surface area is 103 Å². The molecule has 4 nitrogen and oxygen atoms in total. The monoisotopic (exact) mass is 240 g/mol. The molecule has 0 aromatic carbocycles. The molecule has 1 amide bonds. The summed E-state index contributed by atoms with van der Waals surface area (Å²) in [6, 6.07) is 0. The van der Waals surface area contributed by atoms with Crippen LogP contribution in [-0.4, -0.2) is 48.2 Å². The predicted molar refractivity (Wildman–Crippen MR) is 66.6 cm³/mol. The summed E-state index contributed by atoms with van der Waals surface area (Å²) in [5.74, 6) is 0.752. The Bertz CT molecular complexity index is 264. The van der Waals surface area contributed by atoms with Crippen LogP contribution in [0.3, 0.4) is 0 Å². The van der Waals surface area contributed by atoms with Crippen LogP contribution in [0.4, 0.5) is 0 Å². The molecule has 2 aliphatic heterocycles. The van der Waals surface area contributed by atoms with Crippen molar-refractivity contribution in [3.63, 3.8) is 0 Å². The van der Waals surface area contributed by atoms with Crippen molar-refractivity contribution in [2.45, 2.75) is 38.7 Å². The standard InChI is InChI=1S/C13H24N2O2/c1-2-3-11-9-15(7-5-12(11)16)13(17)10-4-6-14-8-10/h10-12,14,16H,2-9H2,1H3/t10-,11-,12+/m1/s1. The van der Waals surface area contributed by atoms with E-state index < -0.39 is 0 Å². The Morgan fingerprint density at radius 2 is 2.29 bits per heavy atom. The third-order valence-electron chi connectivity index (χ3n) is 4.07. The van der Waals surface area contributed by atoms with Crippen LogP contribution in [0.5, 0.6) is 0 Å². The molecule has 0 aliphatic carbocycles. The molecule has 2 heterocycles. The molecular formula is C13H24N2O2. The Morgan fingerprint density at radius 1 is 1.47 bits per heavy atom. The summed E-state index contributed by atoms with van der Waals surface area (Å²) in [6.45, 7) is 5.41. The van der Waals surface area contributed by atoms with Gasteiger partial charge in [0.1, 0.15) is 0 Å². The van der Waals surface area contributed by atoms with Crippen molar-refractivity contribution in [2.24, 2.45) is 11.8 Å². The second kappa shape index (κ2) is 5.83. The van der Waals surface area contributed by atoms with Gasteiger partial charge in [0.25, 0.3) is 0 Å². The molecule has 0 unspecified atom stereocenters. The number of carbonyl (C=O) groups excluding carboxylic acids is 1. The molecule has 0 saturated carbocycles. The Balaban J connectivity index is 1.90. The maximum absolute atomic E-state index is 12.3. The van der Waals surface area contributed by atoms with Crippen molar-refractivity contribution in [2.75, 3.05) is 26.2 Å². The average molecular weight is 240 g/mol. The molecule has 4 heteroatoms. The van der Waals surface area contributed by atoms with Crippen LogP contribution >= 0.6 is 0 Å². The van der Waals surface area contributed by atoms with Crippen LogP contribution in [0, 0.1) is 11.8 Å². The fourth-order valence-corrected chi connectivity index (χ4v) is 3.00. The first-order valence-electron chi connectivity index (χ1n) is 6.90. The van der Waals surface area contributed by atoms with Gasteiger partial charge in [-0.25, -0.2) is 0 Å². The maximum atomic E-state index is 12.3. The van der Waals surface area contributed by atoms with Gasteiger partial charge in [0.05, 0.1) is 12.0 Å². The van der Waals surface area contributed by atoms with E-state index in [0.717, 1.165) is 51.9 Å². The second-order valence-corrected chi connectivity index (χ2v) is 5.38. The lowest BCUT2D eigenvalue weighted by Gasteiger charge is -2.37. The number of aliphatic hydroxyl groups excluding tert-OH is 1. The number of nitrogens with zero attached hydrogens (tertiary/aromatic N) is 1. The van der Waals surface area contributed by atoms with E-state index in [1.807, 2.05) is 4.90 Å². The SMILES string of the molecule is CCC[C@@H]1CN(C(=O)[C@@H]2CCNC2)CC[C@@H]1O. The highest BCUT2D eigenvalue weighted by molar-refractivity contribution is 5.79. The third-order valence-corrected chi connectivity index (χ3v) is 4.07. The second-order valence-electron chi connectivity index (χ2n) is 5.38. The number of rotatable bonds is 3. The lowest BCUT2D eigenvalue weighted by atomic mass is 9.90. The number of hydrogen-bond donors (Lipinski definition) is 2. The van der Waals surface area contributed by atoms with Gasteiger partial charge in [0.15, 0.2) is 0 Å². The van der Waals surface area contributed by atoms with Crippen LogP contribution < -0.4 is 5.32 Å². The molecule has 3 atom stereocenters. The van der Waals surface area contributed by atoms with Crippen LogP contribution in [0.25, 0.3) is 0 Å². The molecule has 0 spiro atoms. The van der Waals surface area contributed by atoms with Crippen molar-refractivity contribution in [3.05, 3.63) is 0 Å². The largest absolute Gasteiger partial charge is 0.393 e. The van der Waals surface area contributed by atoms with E-state index in [4.69, 9.17) is 0 Å². The maximum Gasteiger partial charge on any atom is 0.227 e. The number of carbonyl (C=O) groups is 1. The zero-order valence-corrected chi connectivity index (χ0v) is 10.7. The minimum Gasteiger partial charge on any atom is -0.393 e. The number of hydrogen-bond acceptors (Lipinski definition) is 3. The summed E-state index contributed by atoms with van der Waals surface area (Å²) in [6.07, 6.45) is 3.61. The van der Waals surface area contributed by atoms with E-state index in [0.29, 0.717) is 5.91 Å². The smallest absolute Gasteiger partial charge is 0.227 e. The molecule has 17 heavy (non-hydrogen) atoms. The van der Waals surface area contributed by atoms with Gasteiger partial charge in [0.2, 0.25) is 5.91 Å². The highest BCUT2D eigenvalue weighted by Gasteiger charge is 2.33. The van der Waals surface area contributed by atoms with Crippen LogP contribution in [0.15, 0.2) is 0 Å². The van der Waals surface area contributed by atoms with Crippen LogP contribution in [0.1, 0.15) is 32.6 Å². The van der Waals surface area contributed by atoms with E-state index in [9.17, 15) is 9.90 Å². The van der Waals surface area contributed by atoms with E-state index in [1.54, 1.807) is 0 Å². The average Bonchev–Trinajstić information content (AvgIpc) is 2.85. The van der Waals surface area contributed by atoms with Crippen molar-refractivity contribution in [3.8, 4) is 0 Å². The molecule has 0 radical (unpaired) electrons. The molecule has 0 aromatic heterocycles. The van der Waals surface area contributed by atoms with E-state index in [2.05, 4.69) is 12.2 Å². The molecule has 2 fully saturated rings. The van der Waals surface area contributed by atoms with Crippen molar-refractivity contribution in [1.82, 2.24) is 10.2 Å². The first-order chi connectivity index (χ1) is 8.22. The summed E-state index contributed by atoms with van der Waals surface area (Å²) < 4.78 is 0. The van der Waals surface area contributed by atoms with Gasteiger partial charge in [-0.2, -0.15) is 0 Å². The van der Waals surface area contributed by atoms with Crippen molar-refractivity contribution < 1.29 is 9.90 Å². The zero-order chi connectivity index (χ0) is 12.3. The molecule has 2 rings (SSSR count). The minimum absolute atomic E-state index is 0.174. The Hall–Kier alpha value is -0.610. The van der Waals surface area contributed by atoms with Crippen molar-refractivity contribution >= 4 is 5.91 Å². The summed E-state index contributed by atoms with van der Waals surface area (Å²) in [5, 5.41) is 13.2.